The van der Waals surface area contributed by atoms with Crippen LogP contribution < -0.4 is 5.73 Å². The molecular formula is C17H23NO4. The topological polar surface area (TPSA) is 86.5 Å². The molecule has 22 heavy (non-hydrogen) atoms. The molecule has 2 N–H and O–H groups in total. The van der Waals surface area contributed by atoms with Crippen LogP contribution in [-0.4, -0.2) is 25.3 Å². The van der Waals surface area contributed by atoms with Crippen LogP contribution in [0, 0.1) is 0 Å². The second kappa shape index (κ2) is 20.4. The summed E-state index contributed by atoms with van der Waals surface area (Å²) in [6.45, 7) is 14.1. The highest BCUT2D eigenvalue weighted by Gasteiger charge is 1.86. The van der Waals surface area contributed by atoms with Crippen LogP contribution in [0.3, 0.4) is 0 Å². The van der Waals surface area contributed by atoms with E-state index < -0.39 is 5.91 Å². The lowest BCUT2D eigenvalue weighted by Gasteiger charge is -1.90. The van der Waals surface area contributed by atoms with Gasteiger partial charge >= 0.3 is 5.97 Å². The molecular weight excluding hydrogens is 282 g/mol. The van der Waals surface area contributed by atoms with Crippen molar-refractivity contribution in [2.75, 3.05) is 6.61 Å². The highest BCUT2D eigenvalue weighted by atomic mass is 16.5. The van der Waals surface area contributed by atoms with E-state index in [1.54, 1.807) is 6.92 Å². The van der Waals surface area contributed by atoms with Crippen LogP contribution in [0.25, 0.3) is 6.08 Å². The summed E-state index contributed by atoms with van der Waals surface area (Å²) in [6, 6.07) is 10.0. The van der Waals surface area contributed by atoms with Crippen molar-refractivity contribution < 1.29 is 19.1 Å². The van der Waals surface area contributed by atoms with Gasteiger partial charge in [-0.1, -0.05) is 56.1 Å². The first-order chi connectivity index (χ1) is 10.5. The highest BCUT2D eigenvalue weighted by Crippen LogP contribution is 1.97. The van der Waals surface area contributed by atoms with Crippen LogP contribution in [0.15, 0.2) is 62.2 Å². The van der Waals surface area contributed by atoms with E-state index in [1.807, 2.05) is 43.2 Å². The summed E-state index contributed by atoms with van der Waals surface area (Å²) >= 11 is 0. The Kier molecular flexibility index (Phi) is 22.3. The van der Waals surface area contributed by atoms with E-state index in [2.05, 4.69) is 30.2 Å². The fourth-order valence-electron chi connectivity index (χ4n) is 0.790. The van der Waals surface area contributed by atoms with Gasteiger partial charge in [0.15, 0.2) is 0 Å². The monoisotopic (exact) mass is 305 g/mol. The summed E-state index contributed by atoms with van der Waals surface area (Å²) < 4.78 is 4.43. The molecule has 0 bridgehead atoms. The summed E-state index contributed by atoms with van der Waals surface area (Å²) in [5.41, 5.74) is 5.71. The molecule has 1 amide bonds. The Morgan fingerprint density at radius 3 is 1.73 bits per heavy atom. The van der Waals surface area contributed by atoms with Crippen LogP contribution in [0.1, 0.15) is 12.5 Å². The molecule has 0 aromatic heterocycles. The lowest BCUT2D eigenvalue weighted by Crippen LogP contribution is -2.04. The Morgan fingerprint density at radius 1 is 1.09 bits per heavy atom. The molecule has 0 heterocycles. The molecule has 5 nitrogen and oxygen atoms in total. The second-order valence-corrected chi connectivity index (χ2v) is 3.18. The van der Waals surface area contributed by atoms with Gasteiger partial charge in [-0.2, -0.15) is 0 Å². The van der Waals surface area contributed by atoms with Crippen LogP contribution >= 0.6 is 0 Å². The quantitative estimate of drug-likeness (QED) is 0.684. The molecule has 0 aliphatic heterocycles. The third-order valence-electron chi connectivity index (χ3n) is 1.69. The van der Waals surface area contributed by atoms with Crippen molar-refractivity contribution in [2.45, 2.75) is 6.92 Å². The number of rotatable bonds is 4. The Hall–Kier alpha value is -2.95. The average Bonchev–Trinajstić information content (AvgIpc) is 2.58. The molecule has 0 unspecified atom stereocenters. The molecule has 1 aromatic carbocycles. The predicted octanol–water partition coefficient (Wildman–Crippen LogP) is 2.54. The smallest absolute Gasteiger partial charge is 0.330 e. The van der Waals surface area contributed by atoms with E-state index >= 15 is 0 Å². The van der Waals surface area contributed by atoms with Crippen LogP contribution in [0.2, 0.25) is 0 Å². The third-order valence-corrected chi connectivity index (χ3v) is 1.69. The number of hydrogen-bond donors (Lipinski definition) is 1. The molecule has 0 saturated carbocycles. The minimum absolute atomic E-state index is 0.359. The zero-order chi connectivity index (χ0) is 17.8. The minimum Gasteiger partial charge on any atom is -0.463 e. The number of benzene rings is 1. The van der Waals surface area contributed by atoms with Gasteiger partial charge in [-0.25, -0.2) is 4.79 Å². The van der Waals surface area contributed by atoms with E-state index in [0.717, 1.165) is 12.2 Å². The molecule has 120 valence electrons. The average molecular weight is 305 g/mol. The molecule has 1 rings (SSSR count). The SMILES string of the molecule is C=CC(=O)OCC.C=CC(N)=O.C=Cc1ccccc1.C=O. The van der Waals surface area contributed by atoms with Gasteiger partial charge < -0.3 is 15.3 Å². The van der Waals surface area contributed by atoms with E-state index in [4.69, 9.17) is 4.79 Å². The van der Waals surface area contributed by atoms with Gasteiger partial charge in [0.05, 0.1) is 6.61 Å². The van der Waals surface area contributed by atoms with Crippen molar-refractivity contribution in [3.63, 3.8) is 0 Å². The number of hydrogen-bond acceptors (Lipinski definition) is 4. The fraction of sp³-hybridized carbons (Fsp3) is 0.118. The summed E-state index contributed by atoms with van der Waals surface area (Å²) in [6.07, 6.45) is 4.03. The molecule has 0 aliphatic carbocycles. The van der Waals surface area contributed by atoms with Crippen molar-refractivity contribution in [1.82, 2.24) is 0 Å². The van der Waals surface area contributed by atoms with Crippen LogP contribution in [-0.2, 0) is 19.1 Å². The van der Waals surface area contributed by atoms with Crippen molar-refractivity contribution >= 4 is 24.7 Å². The Bertz CT molecular complexity index is 441. The first-order valence-electron chi connectivity index (χ1n) is 6.19. The second-order valence-electron chi connectivity index (χ2n) is 3.18. The van der Waals surface area contributed by atoms with Gasteiger partial charge in [0.2, 0.25) is 5.91 Å². The standard InChI is InChI=1S/C8H8.C5H8O2.C3H5NO.CH2O/c1-2-8-6-4-3-5-7-8;1-3-5(6)7-4-2;1-2-3(4)5;1-2/h2-7H,1H2;3H,1,4H2,2H3;2H,1H2,(H2,4,5);1H2. The number of amides is 1. The third kappa shape index (κ3) is 22.2. The lowest BCUT2D eigenvalue weighted by molar-refractivity contribution is -0.137. The fourth-order valence-corrected chi connectivity index (χ4v) is 0.790. The maximum atomic E-state index is 10.1. The number of carbonyl (C=O) groups is 3. The van der Waals surface area contributed by atoms with Gasteiger partial charge in [0.25, 0.3) is 0 Å². The Labute approximate surface area is 131 Å². The van der Waals surface area contributed by atoms with Gasteiger partial charge in [-0.3, -0.25) is 4.79 Å². The predicted molar refractivity (Wildman–Crippen MR) is 89.9 cm³/mol. The minimum atomic E-state index is -0.481. The summed E-state index contributed by atoms with van der Waals surface area (Å²) in [5.74, 6) is -0.840. The van der Waals surface area contributed by atoms with Crippen molar-refractivity contribution in [3.8, 4) is 0 Å². The lowest BCUT2D eigenvalue weighted by atomic mass is 10.2. The molecule has 0 atom stereocenters. The maximum absolute atomic E-state index is 10.1. The molecule has 5 heteroatoms. The molecule has 0 radical (unpaired) electrons. The molecule has 0 aliphatic rings. The zero-order valence-corrected chi connectivity index (χ0v) is 12.9. The number of primary amides is 1. The van der Waals surface area contributed by atoms with Crippen molar-refractivity contribution in [1.29, 1.82) is 0 Å². The largest absolute Gasteiger partial charge is 0.463 e. The van der Waals surface area contributed by atoms with Crippen molar-refractivity contribution in [3.05, 3.63) is 67.8 Å². The summed E-state index contributed by atoms with van der Waals surface area (Å²) in [7, 11) is 0. The number of nitrogens with two attached hydrogens (primary N) is 1. The van der Waals surface area contributed by atoms with E-state index in [-0.39, 0.29) is 5.97 Å². The Morgan fingerprint density at radius 2 is 1.55 bits per heavy atom. The zero-order valence-electron chi connectivity index (χ0n) is 12.9. The first-order valence-corrected chi connectivity index (χ1v) is 6.19. The van der Waals surface area contributed by atoms with E-state index in [0.29, 0.717) is 6.61 Å². The molecule has 0 spiro atoms. The van der Waals surface area contributed by atoms with Gasteiger partial charge in [0, 0.05) is 6.08 Å². The molecule has 1 aromatic rings. The van der Waals surface area contributed by atoms with Crippen LogP contribution in [0.5, 0.6) is 0 Å². The van der Waals surface area contributed by atoms with Gasteiger partial charge in [-0.05, 0) is 18.6 Å². The number of carbonyl (C=O) groups excluding carboxylic acids is 3. The number of ether oxygens (including phenoxy) is 1. The van der Waals surface area contributed by atoms with Crippen molar-refractivity contribution in [2.24, 2.45) is 5.73 Å². The summed E-state index contributed by atoms with van der Waals surface area (Å²) in [4.78, 5) is 27.5. The van der Waals surface area contributed by atoms with Gasteiger partial charge in [0.1, 0.15) is 6.79 Å². The van der Waals surface area contributed by atoms with E-state index in [9.17, 15) is 9.59 Å². The van der Waals surface area contributed by atoms with E-state index in [1.165, 1.54) is 5.56 Å². The normalized spacial score (nSPS) is 7.14. The first kappa shape index (κ1) is 24.1. The highest BCUT2D eigenvalue weighted by molar-refractivity contribution is 5.85. The Balaban J connectivity index is -0.000000239. The van der Waals surface area contributed by atoms with Crippen LogP contribution in [0.4, 0.5) is 0 Å². The number of esters is 1. The summed E-state index contributed by atoms with van der Waals surface area (Å²) in [5, 5.41) is 0. The molecule has 0 saturated heterocycles. The molecule has 0 fully saturated rings. The maximum Gasteiger partial charge on any atom is 0.330 e. The van der Waals surface area contributed by atoms with Gasteiger partial charge in [-0.15, -0.1) is 0 Å².